The summed E-state index contributed by atoms with van der Waals surface area (Å²) in [5.41, 5.74) is 0. The number of hydrogen-bond donors (Lipinski definition) is 1. The van der Waals surface area contributed by atoms with Crippen molar-refractivity contribution in [2.45, 2.75) is 26.4 Å². The SMILES string of the molecule is CC(C)OCCc1ncc[nH]1. The van der Waals surface area contributed by atoms with E-state index in [0.717, 1.165) is 18.9 Å². The Morgan fingerprint density at radius 2 is 2.45 bits per heavy atom. The van der Waals surface area contributed by atoms with Crippen LogP contribution < -0.4 is 0 Å². The van der Waals surface area contributed by atoms with Crippen molar-refractivity contribution in [2.75, 3.05) is 6.61 Å². The van der Waals surface area contributed by atoms with Gasteiger partial charge in [-0.25, -0.2) is 4.98 Å². The quantitative estimate of drug-likeness (QED) is 0.711. The van der Waals surface area contributed by atoms with Gasteiger partial charge in [-0.2, -0.15) is 0 Å². The summed E-state index contributed by atoms with van der Waals surface area (Å²) in [7, 11) is 0. The number of aromatic nitrogens is 2. The number of H-pyrrole nitrogens is 1. The Morgan fingerprint density at radius 3 is 3.00 bits per heavy atom. The first-order valence-electron chi connectivity index (χ1n) is 3.89. The molecule has 0 unspecified atom stereocenters. The minimum Gasteiger partial charge on any atom is -0.378 e. The molecule has 3 nitrogen and oxygen atoms in total. The normalized spacial score (nSPS) is 10.8. The number of aromatic amines is 1. The van der Waals surface area contributed by atoms with Crippen LogP contribution >= 0.6 is 0 Å². The van der Waals surface area contributed by atoms with Crippen LogP contribution in [0.4, 0.5) is 0 Å². The van der Waals surface area contributed by atoms with Crippen LogP contribution in [-0.4, -0.2) is 22.7 Å². The van der Waals surface area contributed by atoms with Gasteiger partial charge in [-0.15, -0.1) is 0 Å². The Balaban J connectivity index is 2.14. The first-order chi connectivity index (χ1) is 5.29. The smallest absolute Gasteiger partial charge is 0.108 e. The van der Waals surface area contributed by atoms with Gasteiger partial charge < -0.3 is 9.72 Å². The molecule has 0 aliphatic heterocycles. The summed E-state index contributed by atoms with van der Waals surface area (Å²) in [5, 5.41) is 0. The summed E-state index contributed by atoms with van der Waals surface area (Å²) in [6.07, 6.45) is 4.76. The van der Waals surface area contributed by atoms with Crippen LogP contribution in [0, 0.1) is 0 Å². The highest BCUT2D eigenvalue weighted by molar-refractivity contribution is 4.86. The molecule has 0 atom stereocenters. The Labute approximate surface area is 66.8 Å². The summed E-state index contributed by atoms with van der Waals surface area (Å²) in [4.78, 5) is 7.10. The van der Waals surface area contributed by atoms with Gasteiger partial charge in [0.1, 0.15) is 5.82 Å². The van der Waals surface area contributed by atoms with Crippen molar-refractivity contribution in [1.82, 2.24) is 9.97 Å². The van der Waals surface area contributed by atoms with Crippen LogP contribution in [0.2, 0.25) is 0 Å². The number of ether oxygens (including phenoxy) is 1. The molecule has 0 fully saturated rings. The van der Waals surface area contributed by atoms with Gasteiger partial charge in [-0.3, -0.25) is 0 Å². The van der Waals surface area contributed by atoms with Crippen molar-refractivity contribution < 1.29 is 4.74 Å². The fraction of sp³-hybridized carbons (Fsp3) is 0.625. The van der Waals surface area contributed by atoms with Crippen LogP contribution in [0.5, 0.6) is 0 Å². The van der Waals surface area contributed by atoms with E-state index in [1.54, 1.807) is 6.20 Å². The van der Waals surface area contributed by atoms with Crippen molar-refractivity contribution >= 4 is 0 Å². The molecular formula is C8H14N2O. The maximum atomic E-state index is 5.36. The summed E-state index contributed by atoms with van der Waals surface area (Å²) < 4.78 is 5.36. The summed E-state index contributed by atoms with van der Waals surface area (Å²) >= 11 is 0. The third-order valence-electron chi connectivity index (χ3n) is 1.34. The largest absolute Gasteiger partial charge is 0.378 e. The van der Waals surface area contributed by atoms with E-state index in [2.05, 4.69) is 9.97 Å². The van der Waals surface area contributed by atoms with Crippen molar-refractivity contribution in [1.29, 1.82) is 0 Å². The highest BCUT2D eigenvalue weighted by Crippen LogP contribution is 1.93. The van der Waals surface area contributed by atoms with Gasteiger partial charge in [0.2, 0.25) is 0 Å². The molecule has 1 aromatic rings. The van der Waals surface area contributed by atoms with Gasteiger partial charge in [-0.1, -0.05) is 0 Å². The molecule has 1 heterocycles. The lowest BCUT2D eigenvalue weighted by atomic mass is 10.4. The second-order valence-electron chi connectivity index (χ2n) is 2.71. The highest BCUT2D eigenvalue weighted by atomic mass is 16.5. The van der Waals surface area contributed by atoms with Gasteiger partial charge in [-0.05, 0) is 13.8 Å². The number of rotatable bonds is 4. The van der Waals surface area contributed by atoms with E-state index >= 15 is 0 Å². The predicted molar refractivity (Wildman–Crippen MR) is 43.4 cm³/mol. The molecule has 3 heteroatoms. The lowest BCUT2D eigenvalue weighted by Crippen LogP contribution is -2.06. The average Bonchev–Trinajstić information content (AvgIpc) is 2.39. The molecule has 0 aromatic carbocycles. The molecule has 0 aliphatic rings. The Bertz CT molecular complexity index is 182. The van der Waals surface area contributed by atoms with Gasteiger partial charge in [0, 0.05) is 18.8 Å². The molecule has 0 amide bonds. The predicted octanol–water partition coefficient (Wildman–Crippen LogP) is 1.38. The molecule has 1 rings (SSSR count). The molecule has 0 saturated heterocycles. The standard InChI is InChI=1S/C8H14N2O/c1-7(2)11-6-3-8-9-4-5-10-8/h4-5,7H,3,6H2,1-2H3,(H,9,10). The summed E-state index contributed by atoms with van der Waals surface area (Å²) in [6, 6.07) is 0. The Kier molecular flexibility index (Phi) is 3.11. The molecule has 62 valence electrons. The van der Waals surface area contributed by atoms with E-state index in [0.29, 0.717) is 6.10 Å². The number of nitrogens with one attached hydrogen (secondary N) is 1. The molecule has 0 saturated carbocycles. The minimum absolute atomic E-state index is 0.310. The van der Waals surface area contributed by atoms with Crippen molar-refractivity contribution in [3.05, 3.63) is 18.2 Å². The fourth-order valence-corrected chi connectivity index (χ4v) is 0.826. The third kappa shape index (κ3) is 3.18. The van der Waals surface area contributed by atoms with Gasteiger partial charge in [0.05, 0.1) is 12.7 Å². The van der Waals surface area contributed by atoms with Gasteiger partial charge >= 0.3 is 0 Å². The zero-order chi connectivity index (χ0) is 8.10. The Morgan fingerprint density at radius 1 is 1.64 bits per heavy atom. The lowest BCUT2D eigenvalue weighted by Gasteiger charge is -2.04. The van der Waals surface area contributed by atoms with E-state index in [-0.39, 0.29) is 0 Å². The summed E-state index contributed by atoms with van der Waals surface area (Å²) in [5.74, 6) is 0.991. The average molecular weight is 154 g/mol. The van der Waals surface area contributed by atoms with E-state index in [1.807, 2.05) is 20.0 Å². The molecule has 0 radical (unpaired) electrons. The van der Waals surface area contributed by atoms with Gasteiger partial charge in [0.25, 0.3) is 0 Å². The minimum atomic E-state index is 0.310. The maximum absolute atomic E-state index is 5.36. The van der Waals surface area contributed by atoms with Crippen molar-refractivity contribution in [3.8, 4) is 0 Å². The van der Waals surface area contributed by atoms with Crippen molar-refractivity contribution in [3.63, 3.8) is 0 Å². The zero-order valence-electron chi connectivity index (χ0n) is 7.00. The van der Waals surface area contributed by atoms with E-state index in [9.17, 15) is 0 Å². The number of hydrogen-bond acceptors (Lipinski definition) is 2. The monoisotopic (exact) mass is 154 g/mol. The molecule has 0 aliphatic carbocycles. The number of imidazole rings is 1. The van der Waals surface area contributed by atoms with E-state index < -0.39 is 0 Å². The van der Waals surface area contributed by atoms with Crippen LogP contribution in [0.3, 0.4) is 0 Å². The first kappa shape index (κ1) is 8.27. The highest BCUT2D eigenvalue weighted by Gasteiger charge is 1.95. The second kappa shape index (κ2) is 4.13. The van der Waals surface area contributed by atoms with Crippen molar-refractivity contribution in [2.24, 2.45) is 0 Å². The molecular weight excluding hydrogens is 140 g/mol. The van der Waals surface area contributed by atoms with Crippen LogP contribution in [0.1, 0.15) is 19.7 Å². The maximum Gasteiger partial charge on any atom is 0.108 e. The lowest BCUT2D eigenvalue weighted by molar-refractivity contribution is 0.0805. The van der Waals surface area contributed by atoms with Crippen LogP contribution in [0.15, 0.2) is 12.4 Å². The topological polar surface area (TPSA) is 37.9 Å². The first-order valence-corrected chi connectivity index (χ1v) is 3.89. The summed E-state index contributed by atoms with van der Waals surface area (Å²) in [6.45, 7) is 4.80. The fourth-order valence-electron chi connectivity index (χ4n) is 0.826. The van der Waals surface area contributed by atoms with E-state index in [4.69, 9.17) is 4.74 Å². The third-order valence-corrected chi connectivity index (χ3v) is 1.34. The molecule has 0 bridgehead atoms. The van der Waals surface area contributed by atoms with Crippen LogP contribution in [-0.2, 0) is 11.2 Å². The molecule has 1 N–H and O–H groups in total. The van der Waals surface area contributed by atoms with Crippen LogP contribution in [0.25, 0.3) is 0 Å². The zero-order valence-corrected chi connectivity index (χ0v) is 7.00. The second-order valence-corrected chi connectivity index (χ2v) is 2.71. The van der Waals surface area contributed by atoms with E-state index in [1.165, 1.54) is 0 Å². The Hall–Kier alpha value is -0.830. The molecule has 1 aromatic heterocycles. The molecule has 11 heavy (non-hydrogen) atoms. The van der Waals surface area contributed by atoms with Gasteiger partial charge in [0.15, 0.2) is 0 Å². The molecule has 0 spiro atoms. The number of nitrogens with zero attached hydrogens (tertiary/aromatic N) is 1.